The van der Waals surface area contributed by atoms with Gasteiger partial charge in [0.15, 0.2) is 11.6 Å². The first-order valence-electron chi connectivity index (χ1n) is 6.22. The molecule has 4 nitrogen and oxygen atoms in total. The van der Waals surface area contributed by atoms with Crippen LogP contribution in [0.1, 0.15) is 22.8 Å². The van der Waals surface area contributed by atoms with Gasteiger partial charge in [-0.15, -0.1) is 0 Å². The van der Waals surface area contributed by atoms with Crippen molar-refractivity contribution in [2.75, 3.05) is 0 Å². The van der Waals surface area contributed by atoms with Gasteiger partial charge < -0.3 is 5.11 Å². The standard InChI is InChI=1S/C16H12N2O2/c1-10(18-13-8-4-5-9-17-13)14-15(19)11-6-2-3-7-12(11)16(14)20/h2-9,19H,1H3. The van der Waals surface area contributed by atoms with Crippen LogP contribution in [-0.2, 0) is 0 Å². The van der Waals surface area contributed by atoms with Crippen LogP contribution in [0.4, 0.5) is 5.82 Å². The topological polar surface area (TPSA) is 62.6 Å². The molecule has 0 radical (unpaired) electrons. The molecule has 1 heterocycles. The lowest BCUT2D eigenvalue weighted by Gasteiger charge is -2.01. The Bertz CT molecular complexity index is 746. The molecule has 1 aliphatic rings. The normalized spacial score (nSPS) is 14.7. The van der Waals surface area contributed by atoms with Gasteiger partial charge in [0.25, 0.3) is 0 Å². The fourth-order valence-electron chi connectivity index (χ4n) is 2.25. The number of aliphatic imine (C=N–C) groups is 1. The minimum atomic E-state index is -0.199. The molecule has 1 aromatic heterocycles. The van der Waals surface area contributed by atoms with E-state index in [4.69, 9.17) is 0 Å². The molecule has 0 aliphatic heterocycles. The Morgan fingerprint density at radius 2 is 1.80 bits per heavy atom. The molecule has 1 aliphatic carbocycles. The number of carbonyl (C=O) groups excluding carboxylic acids is 1. The molecule has 4 heteroatoms. The zero-order valence-electron chi connectivity index (χ0n) is 10.9. The van der Waals surface area contributed by atoms with Crippen LogP contribution in [0.2, 0.25) is 0 Å². The summed E-state index contributed by atoms with van der Waals surface area (Å²) in [6, 6.07) is 12.3. The summed E-state index contributed by atoms with van der Waals surface area (Å²) in [4.78, 5) is 20.7. The summed E-state index contributed by atoms with van der Waals surface area (Å²) in [7, 11) is 0. The van der Waals surface area contributed by atoms with Gasteiger partial charge in [-0.1, -0.05) is 30.3 Å². The summed E-state index contributed by atoms with van der Waals surface area (Å²) in [5.41, 5.74) is 1.78. The Labute approximate surface area is 116 Å². The van der Waals surface area contributed by atoms with Crippen molar-refractivity contribution in [1.29, 1.82) is 0 Å². The zero-order chi connectivity index (χ0) is 14.1. The van der Waals surface area contributed by atoms with Gasteiger partial charge in [0.2, 0.25) is 0 Å². The fourth-order valence-corrected chi connectivity index (χ4v) is 2.25. The molecule has 0 unspecified atom stereocenters. The van der Waals surface area contributed by atoms with Crippen molar-refractivity contribution in [2.45, 2.75) is 6.92 Å². The van der Waals surface area contributed by atoms with E-state index < -0.39 is 0 Å². The second-order valence-electron chi connectivity index (χ2n) is 4.48. The van der Waals surface area contributed by atoms with Gasteiger partial charge in [0, 0.05) is 17.3 Å². The first kappa shape index (κ1) is 12.3. The van der Waals surface area contributed by atoms with E-state index in [1.54, 1.807) is 49.5 Å². The number of fused-ring (bicyclic) bond motifs is 1. The minimum absolute atomic E-state index is 0.0113. The molecule has 1 aromatic carbocycles. The van der Waals surface area contributed by atoms with Gasteiger partial charge in [-0.05, 0) is 19.1 Å². The third-order valence-corrected chi connectivity index (χ3v) is 3.18. The van der Waals surface area contributed by atoms with Crippen LogP contribution in [0.3, 0.4) is 0 Å². The molecule has 0 saturated heterocycles. The van der Waals surface area contributed by atoms with Gasteiger partial charge in [0.1, 0.15) is 5.76 Å². The number of carbonyl (C=O) groups is 1. The number of hydrogen-bond acceptors (Lipinski definition) is 4. The number of benzene rings is 1. The van der Waals surface area contributed by atoms with Gasteiger partial charge >= 0.3 is 0 Å². The maximum atomic E-state index is 12.3. The van der Waals surface area contributed by atoms with Crippen LogP contribution in [-0.4, -0.2) is 21.6 Å². The Balaban J connectivity index is 2.06. The maximum absolute atomic E-state index is 12.3. The van der Waals surface area contributed by atoms with E-state index in [2.05, 4.69) is 9.98 Å². The third kappa shape index (κ3) is 1.91. The number of aromatic nitrogens is 1. The monoisotopic (exact) mass is 264 g/mol. The molecule has 0 saturated carbocycles. The average Bonchev–Trinajstić information content (AvgIpc) is 2.72. The van der Waals surface area contributed by atoms with E-state index in [1.165, 1.54) is 0 Å². The van der Waals surface area contributed by atoms with Gasteiger partial charge in [-0.2, -0.15) is 0 Å². The highest BCUT2D eigenvalue weighted by Crippen LogP contribution is 2.32. The van der Waals surface area contributed by atoms with Crippen LogP contribution in [0.25, 0.3) is 5.76 Å². The summed E-state index contributed by atoms with van der Waals surface area (Å²) >= 11 is 0. The lowest BCUT2D eigenvalue weighted by molar-refractivity contribution is 0.104. The van der Waals surface area contributed by atoms with Crippen molar-refractivity contribution in [3.8, 4) is 0 Å². The summed E-state index contributed by atoms with van der Waals surface area (Å²) in [5.74, 6) is 0.298. The van der Waals surface area contributed by atoms with Gasteiger partial charge in [-0.3, -0.25) is 4.79 Å². The molecule has 0 amide bonds. The highest BCUT2D eigenvalue weighted by Gasteiger charge is 2.30. The highest BCUT2D eigenvalue weighted by molar-refractivity contribution is 6.35. The largest absolute Gasteiger partial charge is 0.506 e. The Hall–Kier alpha value is -2.75. The van der Waals surface area contributed by atoms with Gasteiger partial charge in [0.05, 0.1) is 11.3 Å². The molecule has 0 bridgehead atoms. The number of ketones is 1. The molecule has 1 N–H and O–H groups in total. The lowest BCUT2D eigenvalue weighted by Crippen LogP contribution is -2.07. The summed E-state index contributed by atoms with van der Waals surface area (Å²) in [6.45, 7) is 1.70. The Morgan fingerprint density at radius 3 is 2.45 bits per heavy atom. The van der Waals surface area contributed by atoms with E-state index in [9.17, 15) is 9.90 Å². The maximum Gasteiger partial charge on any atom is 0.199 e. The van der Waals surface area contributed by atoms with Crippen LogP contribution in [0, 0.1) is 0 Å². The lowest BCUT2D eigenvalue weighted by atomic mass is 10.1. The van der Waals surface area contributed by atoms with Crippen molar-refractivity contribution in [2.24, 2.45) is 4.99 Å². The van der Waals surface area contributed by atoms with Crippen molar-refractivity contribution >= 4 is 23.1 Å². The number of allylic oxidation sites excluding steroid dienone is 1. The van der Waals surface area contributed by atoms with Crippen LogP contribution in [0.15, 0.2) is 59.2 Å². The quantitative estimate of drug-likeness (QED) is 0.846. The third-order valence-electron chi connectivity index (χ3n) is 3.18. The predicted octanol–water partition coefficient (Wildman–Crippen LogP) is 3.34. The molecule has 2 aromatic rings. The SMILES string of the molecule is CC(=Nc1ccccn1)C1=C(O)c2ccccc2C1=O. The molecule has 20 heavy (non-hydrogen) atoms. The molecule has 0 atom stereocenters. The van der Waals surface area contributed by atoms with E-state index >= 15 is 0 Å². The smallest absolute Gasteiger partial charge is 0.199 e. The predicted molar refractivity (Wildman–Crippen MR) is 77.3 cm³/mol. The number of hydrogen-bond donors (Lipinski definition) is 1. The van der Waals surface area contributed by atoms with E-state index in [1.807, 2.05) is 6.07 Å². The number of rotatable bonds is 2. The van der Waals surface area contributed by atoms with Crippen LogP contribution in [0.5, 0.6) is 0 Å². The fraction of sp³-hybridized carbons (Fsp3) is 0.0625. The zero-order valence-corrected chi connectivity index (χ0v) is 10.9. The van der Waals surface area contributed by atoms with Crippen LogP contribution < -0.4 is 0 Å². The second kappa shape index (κ2) is 4.74. The number of Topliss-reactive ketones (excluding diaryl/α,β-unsaturated/α-hetero) is 1. The van der Waals surface area contributed by atoms with Crippen LogP contribution >= 0.6 is 0 Å². The number of nitrogens with zero attached hydrogens (tertiary/aromatic N) is 2. The molecule has 98 valence electrons. The van der Waals surface area contributed by atoms with E-state index in [0.29, 0.717) is 22.7 Å². The molecule has 0 fully saturated rings. The van der Waals surface area contributed by atoms with Crippen molar-refractivity contribution in [3.05, 3.63) is 65.4 Å². The minimum Gasteiger partial charge on any atom is -0.506 e. The summed E-state index contributed by atoms with van der Waals surface area (Å²) in [6.07, 6.45) is 1.63. The first-order valence-corrected chi connectivity index (χ1v) is 6.22. The second-order valence-corrected chi connectivity index (χ2v) is 4.48. The van der Waals surface area contributed by atoms with E-state index in [-0.39, 0.29) is 17.1 Å². The van der Waals surface area contributed by atoms with E-state index in [0.717, 1.165) is 0 Å². The van der Waals surface area contributed by atoms with Crippen molar-refractivity contribution < 1.29 is 9.90 Å². The summed E-state index contributed by atoms with van der Waals surface area (Å²) in [5, 5.41) is 10.2. The van der Waals surface area contributed by atoms with Gasteiger partial charge in [-0.25, -0.2) is 9.98 Å². The Morgan fingerprint density at radius 1 is 1.10 bits per heavy atom. The van der Waals surface area contributed by atoms with Crippen molar-refractivity contribution in [3.63, 3.8) is 0 Å². The molecular weight excluding hydrogens is 252 g/mol. The molecule has 3 rings (SSSR count). The molecule has 0 spiro atoms. The first-order chi connectivity index (χ1) is 9.68. The highest BCUT2D eigenvalue weighted by atomic mass is 16.3. The number of pyridine rings is 1. The number of aliphatic hydroxyl groups is 1. The summed E-state index contributed by atoms with van der Waals surface area (Å²) < 4.78 is 0. The number of aliphatic hydroxyl groups excluding tert-OH is 1. The molecular formula is C16H12N2O2. The van der Waals surface area contributed by atoms with Crippen molar-refractivity contribution in [1.82, 2.24) is 4.98 Å². The Kier molecular flexibility index (Phi) is 2.91. The average molecular weight is 264 g/mol.